The van der Waals surface area contributed by atoms with Gasteiger partial charge in [0.05, 0.1) is 11.8 Å². The van der Waals surface area contributed by atoms with Crippen molar-refractivity contribution in [2.45, 2.75) is 20.0 Å². The Kier molecular flexibility index (Phi) is 3.56. The molecule has 1 rings (SSSR count). The molecule has 0 fully saturated rings. The van der Waals surface area contributed by atoms with E-state index in [0.29, 0.717) is 0 Å². The van der Waals surface area contributed by atoms with Crippen LogP contribution in [-0.2, 0) is 4.84 Å². The minimum Gasteiger partial charge on any atom is -0.273 e. The first-order valence-corrected chi connectivity index (χ1v) is 4.65. The third-order valence-electron chi connectivity index (χ3n) is 1.26. The number of hydrogen-bond acceptors (Lipinski definition) is 2. The molecule has 1 aromatic rings. The lowest BCUT2D eigenvalue weighted by molar-refractivity contribution is 0.130. The summed E-state index contributed by atoms with van der Waals surface area (Å²) in [5.74, 6) is 0. The summed E-state index contributed by atoms with van der Waals surface area (Å²) >= 11 is 3.36. The van der Waals surface area contributed by atoms with Gasteiger partial charge in [-0.1, -0.05) is 15.9 Å². The van der Waals surface area contributed by atoms with Crippen molar-refractivity contribution >= 4 is 21.6 Å². The summed E-state index contributed by atoms with van der Waals surface area (Å²) in [5.41, 5.74) is 3.82. The van der Waals surface area contributed by atoms with Crippen LogP contribution in [-0.4, -0.2) is 6.10 Å². The number of anilines is 1. The van der Waals surface area contributed by atoms with Crippen LogP contribution in [0.4, 0.5) is 5.69 Å². The summed E-state index contributed by atoms with van der Waals surface area (Å²) in [6.07, 6.45) is 0.189. The lowest BCUT2D eigenvalue weighted by Gasteiger charge is -2.09. The van der Waals surface area contributed by atoms with Crippen molar-refractivity contribution in [2.75, 3.05) is 5.48 Å². The standard InChI is InChI=1S/C9H12BrNO/c1-7(2)12-11-9-5-3-8(10)4-6-9/h3-7,11H,1-2H3. The third kappa shape index (κ3) is 3.24. The monoisotopic (exact) mass is 229 g/mol. The fourth-order valence-corrected chi connectivity index (χ4v) is 0.968. The molecule has 0 bridgehead atoms. The smallest absolute Gasteiger partial charge is 0.0797 e. The van der Waals surface area contributed by atoms with Gasteiger partial charge in [-0.05, 0) is 38.1 Å². The Morgan fingerprint density at radius 2 is 1.83 bits per heavy atom. The molecule has 1 aromatic carbocycles. The second kappa shape index (κ2) is 4.48. The van der Waals surface area contributed by atoms with Gasteiger partial charge in [-0.25, -0.2) is 0 Å². The molecule has 3 heteroatoms. The summed E-state index contributed by atoms with van der Waals surface area (Å²) in [4.78, 5) is 5.20. The highest BCUT2D eigenvalue weighted by molar-refractivity contribution is 9.10. The average Bonchev–Trinajstić information content (AvgIpc) is 2.03. The van der Waals surface area contributed by atoms with Gasteiger partial charge in [0.25, 0.3) is 0 Å². The SMILES string of the molecule is CC(C)ONc1ccc(Br)cc1. The molecule has 0 aliphatic rings. The number of hydrogen-bond donors (Lipinski definition) is 1. The van der Waals surface area contributed by atoms with Crippen LogP contribution < -0.4 is 5.48 Å². The van der Waals surface area contributed by atoms with E-state index in [0.717, 1.165) is 10.2 Å². The second-order valence-electron chi connectivity index (χ2n) is 2.78. The Labute approximate surface area is 81.0 Å². The third-order valence-corrected chi connectivity index (χ3v) is 1.79. The molecule has 66 valence electrons. The molecule has 0 heterocycles. The van der Waals surface area contributed by atoms with Crippen molar-refractivity contribution in [3.05, 3.63) is 28.7 Å². The van der Waals surface area contributed by atoms with E-state index in [2.05, 4.69) is 21.4 Å². The van der Waals surface area contributed by atoms with Gasteiger partial charge in [0, 0.05) is 4.47 Å². The van der Waals surface area contributed by atoms with Crippen LogP contribution in [0.1, 0.15) is 13.8 Å². The summed E-state index contributed by atoms with van der Waals surface area (Å²) < 4.78 is 1.07. The van der Waals surface area contributed by atoms with E-state index < -0.39 is 0 Å². The minimum atomic E-state index is 0.189. The minimum absolute atomic E-state index is 0.189. The average molecular weight is 230 g/mol. The Morgan fingerprint density at radius 3 is 2.33 bits per heavy atom. The first-order valence-electron chi connectivity index (χ1n) is 3.85. The fraction of sp³-hybridized carbons (Fsp3) is 0.333. The Morgan fingerprint density at radius 1 is 1.25 bits per heavy atom. The second-order valence-corrected chi connectivity index (χ2v) is 3.69. The van der Waals surface area contributed by atoms with Gasteiger partial charge in [-0.2, -0.15) is 0 Å². The zero-order valence-electron chi connectivity index (χ0n) is 7.17. The zero-order valence-corrected chi connectivity index (χ0v) is 8.76. The van der Waals surface area contributed by atoms with Gasteiger partial charge in [-0.15, -0.1) is 0 Å². The Balaban J connectivity index is 2.48. The van der Waals surface area contributed by atoms with E-state index in [-0.39, 0.29) is 6.10 Å². The van der Waals surface area contributed by atoms with E-state index >= 15 is 0 Å². The lowest BCUT2D eigenvalue weighted by Crippen LogP contribution is -2.08. The summed E-state index contributed by atoms with van der Waals surface area (Å²) in [6.45, 7) is 3.96. The van der Waals surface area contributed by atoms with Crippen LogP contribution in [0.25, 0.3) is 0 Å². The molecular formula is C9H12BrNO. The summed E-state index contributed by atoms with van der Waals surface area (Å²) in [5, 5.41) is 0. The van der Waals surface area contributed by atoms with E-state index in [1.165, 1.54) is 0 Å². The number of halogens is 1. The molecule has 12 heavy (non-hydrogen) atoms. The van der Waals surface area contributed by atoms with E-state index in [9.17, 15) is 0 Å². The predicted octanol–water partition coefficient (Wildman–Crippen LogP) is 3.20. The van der Waals surface area contributed by atoms with Crippen molar-refractivity contribution in [3.8, 4) is 0 Å². The Bertz CT molecular complexity index is 233. The molecule has 0 saturated heterocycles. The van der Waals surface area contributed by atoms with Gasteiger partial charge in [-0.3, -0.25) is 10.3 Å². The molecule has 0 spiro atoms. The highest BCUT2D eigenvalue weighted by atomic mass is 79.9. The highest BCUT2D eigenvalue weighted by Crippen LogP contribution is 2.14. The van der Waals surface area contributed by atoms with Crippen molar-refractivity contribution in [1.29, 1.82) is 0 Å². The van der Waals surface area contributed by atoms with Gasteiger partial charge >= 0.3 is 0 Å². The molecular weight excluding hydrogens is 218 g/mol. The fourth-order valence-electron chi connectivity index (χ4n) is 0.704. The normalized spacial score (nSPS) is 10.3. The van der Waals surface area contributed by atoms with Crippen LogP contribution >= 0.6 is 15.9 Å². The summed E-state index contributed by atoms with van der Waals surface area (Å²) in [7, 11) is 0. The van der Waals surface area contributed by atoms with Crippen LogP contribution in [0, 0.1) is 0 Å². The first kappa shape index (κ1) is 9.55. The summed E-state index contributed by atoms with van der Waals surface area (Å²) in [6, 6.07) is 7.83. The van der Waals surface area contributed by atoms with Crippen LogP contribution in [0.2, 0.25) is 0 Å². The van der Waals surface area contributed by atoms with E-state index in [4.69, 9.17) is 4.84 Å². The van der Waals surface area contributed by atoms with Crippen LogP contribution in [0.3, 0.4) is 0 Å². The van der Waals surface area contributed by atoms with Gasteiger partial charge in [0.2, 0.25) is 0 Å². The van der Waals surface area contributed by atoms with E-state index in [1.54, 1.807) is 0 Å². The van der Waals surface area contributed by atoms with Gasteiger partial charge in [0.15, 0.2) is 0 Å². The largest absolute Gasteiger partial charge is 0.273 e. The van der Waals surface area contributed by atoms with Crippen molar-refractivity contribution in [1.82, 2.24) is 0 Å². The molecule has 0 atom stereocenters. The van der Waals surface area contributed by atoms with Crippen molar-refractivity contribution < 1.29 is 4.84 Å². The first-order chi connectivity index (χ1) is 5.68. The van der Waals surface area contributed by atoms with E-state index in [1.807, 2.05) is 38.1 Å². The zero-order chi connectivity index (χ0) is 8.97. The van der Waals surface area contributed by atoms with Crippen molar-refractivity contribution in [2.24, 2.45) is 0 Å². The molecule has 0 radical (unpaired) electrons. The maximum Gasteiger partial charge on any atom is 0.0797 e. The number of rotatable bonds is 3. The highest BCUT2D eigenvalue weighted by Gasteiger charge is 1.93. The maximum absolute atomic E-state index is 5.20. The number of nitrogens with one attached hydrogen (secondary N) is 1. The quantitative estimate of drug-likeness (QED) is 0.805. The van der Waals surface area contributed by atoms with Crippen LogP contribution in [0.5, 0.6) is 0 Å². The molecule has 2 nitrogen and oxygen atoms in total. The maximum atomic E-state index is 5.20. The topological polar surface area (TPSA) is 21.3 Å². The van der Waals surface area contributed by atoms with Crippen LogP contribution in [0.15, 0.2) is 28.7 Å². The predicted molar refractivity (Wildman–Crippen MR) is 54.0 cm³/mol. The lowest BCUT2D eigenvalue weighted by atomic mass is 10.3. The van der Waals surface area contributed by atoms with Gasteiger partial charge < -0.3 is 0 Å². The Hall–Kier alpha value is -0.540. The molecule has 0 aromatic heterocycles. The molecule has 0 unspecified atom stereocenters. The molecule has 0 aliphatic carbocycles. The molecule has 1 N–H and O–H groups in total. The molecule has 0 aliphatic heterocycles. The van der Waals surface area contributed by atoms with Crippen molar-refractivity contribution in [3.63, 3.8) is 0 Å². The number of benzene rings is 1. The van der Waals surface area contributed by atoms with Gasteiger partial charge in [0.1, 0.15) is 0 Å². The molecule has 0 saturated carbocycles. The molecule has 0 amide bonds.